The van der Waals surface area contributed by atoms with Crippen LogP contribution in [-0.4, -0.2) is 16.6 Å². The summed E-state index contributed by atoms with van der Waals surface area (Å²) in [5.74, 6) is -0.711. The van der Waals surface area contributed by atoms with Gasteiger partial charge in [0.1, 0.15) is 0 Å². The van der Waals surface area contributed by atoms with Crippen LogP contribution in [0.5, 0.6) is 0 Å². The maximum absolute atomic E-state index is 9.60. The van der Waals surface area contributed by atoms with Crippen LogP contribution in [0.3, 0.4) is 0 Å². The van der Waals surface area contributed by atoms with Crippen molar-refractivity contribution in [1.82, 2.24) is 0 Å². The van der Waals surface area contributed by atoms with E-state index in [9.17, 15) is 4.79 Å². The Kier molecular flexibility index (Phi) is 19.8. The summed E-state index contributed by atoms with van der Waals surface area (Å²) in [4.78, 5) is 9.60. The average Bonchev–Trinajstić information content (AvgIpc) is 1.35. The molecule has 0 aliphatic heterocycles. The molecule has 0 aliphatic rings. The number of hydrogen-bond acceptors (Lipinski definition) is 1. The van der Waals surface area contributed by atoms with Crippen molar-refractivity contribution < 1.29 is 35.7 Å². The Balaban J connectivity index is -0.0000000417. The standard InChI is InChI=1S/C4H8O2.Li.H2O.H/c1-2-3-4(5)6;;;/h2-3H2,1H3,(H,5,6);;1H2;/q;+1;;-1. The van der Waals surface area contributed by atoms with Crippen molar-refractivity contribution in [3.63, 3.8) is 0 Å². The third-order valence-corrected chi connectivity index (χ3v) is 0.464. The molecular formula is C4H11LiO3. The first-order valence-electron chi connectivity index (χ1n) is 1.99. The van der Waals surface area contributed by atoms with Crippen molar-refractivity contribution in [2.75, 3.05) is 0 Å². The van der Waals surface area contributed by atoms with Gasteiger partial charge in [0, 0.05) is 6.42 Å². The maximum Gasteiger partial charge on any atom is 1.00 e. The molecule has 0 saturated carbocycles. The average molecular weight is 114 g/mol. The van der Waals surface area contributed by atoms with E-state index in [1.165, 1.54) is 0 Å². The molecule has 0 fully saturated rings. The second kappa shape index (κ2) is 10.1. The third-order valence-electron chi connectivity index (χ3n) is 0.464. The molecule has 0 aromatic heterocycles. The van der Waals surface area contributed by atoms with Crippen LogP contribution >= 0.6 is 0 Å². The van der Waals surface area contributed by atoms with Crippen LogP contribution in [0.2, 0.25) is 0 Å². The van der Waals surface area contributed by atoms with E-state index in [1.807, 2.05) is 6.92 Å². The number of carboxylic acid groups (broad SMARTS) is 1. The first kappa shape index (κ1) is 15.7. The van der Waals surface area contributed by atoms with E-state index < -0.39 is 5.97 Å². The van der Waals surface area contributed by atoms with Crippen LogP contribution in [0.15, 0.2) is 0 Å². The van der Waals surface area contributed by atoms with Crippen molar-refractivity contribution in [1.29, 1.82) is 0 Å². The van der Waals surface area contributed by atoms with Crippen LogP contribution in [0.25, 0.3) is 0 Å². The summed E-state index contributed by atoms with van der Waals surface area (Å²) in [5, 5.41) is 7.91. The molecule has 0 bridgehead atoms. The van der Waals surface area contributed by atoms with E-state index in [0.717, 1.165) is 6.42 Å². The first-order valence-corrected chi connectivity index (χ1v) is 1.99. The molecule has 0 aliphatic carbocycles. The fourth-order valence-corrected chi connectivity index (χ4v) is 0.214. The summed E-state index contributed by atoms with van der Waals surface area (Å²) >= 11 is 0. The van der Waals surface area contributed by atoms with Crippen molar-refractivity contribution in [2.24, 2.45) is 0 Å². The molecule has 3 nitrogen and oxygen atoms in total. The molecular weight excluding hydrogens is 103 g/mol. The SMILES string of the molecule is CCCC(=O)O.O.[H-].[Li+]. The second-order valence-electron chi connectivity index (χ2n) is 1.14. The van der Waals surface area contributed by atoms with Crippen LogP contribution in [0, 0.1) is 0 Å². The summed E-state index contributed by atoms with van der Waals surface area (Å²) in [6, 6.07) is 0. The molecule has 3 N–H and O–H groups in total. The zero-order chi connectivity index (χ0) is 4.99. The molecule has 4 heteroatoms. The minimum absolute atomic E-state index is 0. The Labute approximate surface area is 62.1 Å². The van der Waals surface area contributed by atoms with Gasteiger partial charge in [-0.1, -0.05) is 6.92 Å². The van der Waals surface area contributed by atoms with E-state index in [-0.39, 0.29) is 25.8 Å². The van der Waals surface area contributed by atoms with Gasteiger partial charge in [0.15, 0.2) is 0 Å². The molecule has 0 rings (SSSR count). The van der Waals surface area contributed by atoms with Crippen LogP contribution in [0.1, 0.15) is 21.2 Å². The van der Waals surface area contributed by atoms with E-state index in [4.69, 9.17) is 5.11 Å². The quantitative estimate of drug-likeness (QED) is 0.393. The van der Waals surface area contributed by atoms with Gasteiger partial charge in [0.2, 0.25) is 0 Å². The largest absolute Gasteiger partial charge is 1.00 e. The van der Waals surface area contributed by atoms with Gasteiger partial charge >= 0.3 is 24.8 Å². The van der Waals surface area contributed by atoms with Crippen molar-refractivity contribution >= 4 is 5.97 Å². The first-order chi connectivity index (χ1) is 2.77. The van der Waals surface area contributed by atoms with Gasteiger partial charge in [0.05, 0.1) is 0 Å². The van der Waals surface area contributed by atoms with Crippen LogP contribution in [-0.2, 0) is 4.79 Å². The van der Waals surface area contributed by atoms with Gasteiger partial charge in [-0.2, -0.15) is 0 Å². The molecule has 0 amide bonds. The topological polar surface area (TPSA) is 68.8 Å². The molecule has 0 aromatic carbocycles. The Morgan fingerprint density at radius 1 is 1.75 bits per heavy atom. The second-order valence-corrected chi connectivity index (χ2v) is 1.14. The molecule has 0 heterocycles. The number of rotatable bonds is 2. The van der Waals surface area contributed by atoms with E-state index in [2.05, 4.69) is 0 Å². The Hall–Kier alpha value is 0.0274. The minimum Gasteiger partial charge on any atom is -1.00 e. The Morgan fingerprint density at radius 2 is 2.12 bits per heavy atom. The Bertz CT molecular complexity index is 59.8. The minimum atomic E-state index is -0.711. The van der Waals surface area contributed by atoms with Gasteiger partial charge in [0.25, 0.3) is 0 Å². The predicted molar refractivity (Wildman–Crippen MR) is 27.3 cm³/mol. The monoisotopic (exact) mass is 114 g/mol. The molecule has 0 aromatic rings. The molecule has 0 atom stereocenters. The molecule has 0 spiro atoms. The number of hydrogen-bond donors (Lipinski definition) is 1. The molecule has 0 unspecified atom stereocenters. The van der Waals surface area contributed by atoms with E-state index in [1.54, 1.807) is 0 Å². The number of carbonyl (C=O) groups is 1. The van der Waals surface area contributed by atoms with Crippen molar-refractivity contribution in [3.05, 3.63) is 0 Å². The number of carboxylic acids is 1. The summed E-state index contributed by atoms with van der Waals surface area (Å²) in [7, 11) is 0. The predicted octanol–water partition coefficient (Wildman–Crippen LogP) is -2.84. The summed E-state index contributed by atoms with van der Waals surface area (Å²) in [5.41, 5.74) is 0. The van der Waals surface area contributed by atoms with Gasteiger partial charge in [-0.3, -0.25) is 4.79 Å². The zero-order valence-electron chi connectivity index (χ0n) is 6.27. The van der Waals surface area contributed by atoms with E-state index in [0.29, 0.717) is 6.42 Å². The van der Waals surface area contributed by atoms with Gasteiger partial charge in [-0.05, 0) is 6.42 Å². The van der Waals surface area contributed by atoms with Crippen LogP contribution in [0.4, 0.5) is 0 Å². The van der Waals surface area contributed by atoms with Gasteiger partial charge in [-0.25, -0.2) is 0 Å². The van der Waals surface area contributed by atoms with Crippen molar-refractivity contribution in [3.8, 4) is 0 Å². The molecule has 0 saturated heterocycles. The normalized spacial score (nSPS) is 6.12. The van der Waals surface area contributed by atoms with E-state index >= 15 is 0 Å². The van der Waals surface area contributed by atoms with Crippen molar-refractivity contribution in [2.45, 2.75) is 19.8 Å². The summed E-state index contributed by atoms with van der Waals surface area (Å²) < 4.78 is 0. The molecule has 46 valence electrons. The maximum atomic E-state index is 9.60. The fraction of sp³-hybridized carbons (Fsp3) is 0.750. The van der Waals surface area contributed by atoms with Gasteiger partial charge in [-0.15, -0.1) is 0 Å². The molecule has 8 heavy (non-hydrogen) atoms. The molecule has 0 radical (unpaired) electrons. The zero-order valence-corrected chi connectivity index (χ0v) is 5.27. The number of aliphatic carboxylic acids is 1. The van der Waals surface area contributed by atoms with Gasteiger partial charge < -0.3 is 12.0 Å². The summed E-state index contributed by atoms with van der Waals surface area (Å²) in [6.45, 7) is 1.84. The summed E-state index contributed by atoms with van der Waals surface area (Å²) in [6.07, 6.45) is 1.02. The smallest absolute Gasteiger partial charge is 1.00 e. The third kappa shape index (κ3) is 16.6. The van der Waals surface area contributed by atoms with Crippen LogP contribution < -0.4 is 18.9 Å². The Morgan fingerprint density at radius 3 is 2.12 bits per heavy atom. The fourth-order valence-electron chi connectivity index (χ4n) is 0.214.